The summed E-state index contributed by atoms with van der Waals surface area (Å²) < 4.78 is 27.2. The third kappa shape index (κ3) is 6.37. The van der Waals surface area contributed by atoms with Crippen LogP contribution in [0.3, 0.4) is 0 Å². The molecule has 0 aliphatic heterocycles. The number of carbonyl (C=O) groups excluding carboxylic acids is 2. The largest absolute Gasteiger partial charge is 0.459 e. The number of nitrogens with zero attached hydrogens (tertiary/aromatic N) is 2. The van der Waals surface area contributed by atoms with Crippen LogP contribution in [-0.2, 0) is 9.53 Å². The first-order valence-electron chi connectivity index (χ1n) is 10.2. The molecule has 0 aliphatic rings. The number of aromatic nitrogens is 1. The van der Waals surface area contributed by atoms with Gasteiger partial charge in [0.25, 0.3) is 0 Å². The number of hydrogen-bond acceptors (Lipinski definition) is 6. The van der Waals surface area contributed by atoms with Crippen molar-refractivity contribution in [3.05, 3.63) is 85.8 Å². The molecule has 0 amide bonds. The Hall–Kier alpha value is -2.99. The van der Waals surface area contributed by atoms with Crippen LogP contribution in [0.1, 0.15) is 48.2 Å². The van der Waals surface area contributed by atoms with Crippen molar-refractivity contribution in [3.8, 4) is 17.6 Å². The third-order valence-corrected chi connectivity index (χ3v) is 5.68. The average molecular weight is 580 g/mol. The van der Waals surface area contributed by atoms with Gasteiger partial charge in [-0.1, -0.05) is 29.3 Å². The number of halogens is 4. The number of carbonyl (C=O) groups is 2. The van der Waals surface area contributed by atoms with Crippen molar-refractivity contribution in [2.45, 2.75) is 32.3 Å². The molecule has 10 heteroatoms. The highest BCUT2D eigenvalue weighted by molar-refractivity contribution is 9.10. The van der Waals surface area contributed by atoms with E-state index < -0.39 is 29.1 Å². The van der Waals surface area contributed by atoms with Crippen LogP contribution >= 0.6 is 39.1 Å². The van der Waals surface area contributed by atoms with Crippen LogP contribution in [0, 0.1) is 17.1 Å². The Morgan fingerprint density at radius 1 is 1.17 bits per heavy atom. The van der Waals surface area contributed by atoms with Crippen LogP contribution in [0.4, 0.5) is 4.39 Å². The number of ketones is 1. The van der Waals surface area contributed by atoms with Crippen LogP contribution in [0.25, 0.3) is 0 Å². The lowest BCUT2D eigenvalue weighted by atomic mass is 9.90. The molecule has 6 nitrogen and oxygen atoms in total. The lowest BCUT2D eigenvalue weighted by molar-refractivity contribution is -0.155. The number of nitriles is 1. The Labute approximate surface area is 219 Å². The molecule has 0 fully saturated rings. The summed E-state index contributed by atoms with van der Waals surface area (Å²) in [6, 6.07) is 11.7. The van der Waals surface area contributed by atoms with Crippen molar-refractivity contribution in [1.82, 2.24) is 4.98 Å². The molecule has 1 atom stereocenters. The smallest absolute Gasteiger partial charge is 0.322 e. The molecule has 35 heavy (non-hydrogen) atoms. The molecular weight excluding hydrogens is 562 g/mol. The lowest BCUT2D eigenvalue weighted by Crippen LogP contribution is -2.32. The maximum atomic E-state index is 15.9. The van der Waals surface area contributed by atoms with Gasteiger partial charge in [0.05, 0.1) is 21.7 Å². The Kier molecular flexibility index (Phi) is 8.16. The van der Waals surface area contributed by atoms with Crippen molar-refractivity contribution in [2.24, 2.45) is 0 Å². The minimum absolute atomic E-state index is 0.0664. The zero-order valence-corrected chi connectivity index (χ0v) is 21.8. The number of hydrogen-bond donors (Lipinski definition) is 0. The van der Waals surface area contributed by atoms with Gasteiger partial charge in [-0.3, -0.25) is 9.59 Å². The standard InChI is InChI=1S/C25H18BrCl2FN2O4/c1-25(2,3)35-24(33)19(21(32)17-5-4-8-31-23(17)28)16-6-7-18(26)22(20(16)29)34-15-10-13(12-30)9-14(27)11-15/h4-11,19H,1-3H3. The molecule has 0 spiro atoms. The van der Waals surface area contributed by atoms with Gasteiger partial charge in [-0.2, -0.15) is 5.26 Å². The molecule has 1 heterocycles. The van der Waals surface area contributed by atoms with Gasteiger partial charge in [0, 0.05) is 16.8 Å². The molecule has 0 radical (unpaired) electrons. The summed E-state index contributed by atoms with van der Waals surface area (Å²) in [5, 5.41) is 9.24. The van der Waals surface area contributed by atoms with Crippen LogP contribution in [0.2, 0.25) is 10.2 Å². The first-order valence-corrected chi connectivity index (χ1v) is 11.7. The highest BCUT2D eigenvalue weighted by atomic mass is 79.9. The number of pyridine rings is 1. The second kappa shape index (κ2) is 10.7. The van der Waals surface area contributed by atoms with E-state index in [9.17, 15) is 14.9 Å². The molecule has 3 rings (SSSR count). The van der Waals surface area contributed by atoms with Crippen molar-refractivity contribution >= 4 is 50.9 Å². The first-order chi connectivity index (χ1) is 16.4. The van der Waals surface area contributed by atoms with Crippen molar-refractivity contribution in [2.75, 3.05) is 0 Å². The number of benzene rings is 2. The highest BCUT2D eigenvalue weighted by Crippen LogP contribution is 2.39. The van der Waals surface area contributed by atoms with Gasteiger partial charge < -0.3 is 9.47 Å². The fourth-order valence-corrected chi connectivity index (χ4v) is 3.95. The van der Waals surface area contributed by atoms with Gasteiger partial charge in [0.15, 0.2) is 17.3 Å². The van der Waals surface area contributed by atoms with Gasteiger partial charge in [0.2, 0.25) is 0 Å². The summed E-state index contributed by atoms with van der Waals surface area (Å²) in [6.07, 6.45) is 1.38. The van der Waals surface area contributed by atoms with Gasteiger partial charge in [0.1, 0.15) is 22.4 Å². The van der Waals surface area contributed by atoms with E-state index in [0.29, 0.717) is 0 Å². The second-order valence-electron chi connectivity index (χ2n) is 8.34. The highest BCUT2D eigenvalue weighted by Gasteiger charge is 2.37. The van der Waals surface area contributed by atoms with E-state index in [1.807, 2.05) is 6.07 Å². The first kappa shape index (κ1) is 26.6. The van der Waals surface area contributed by atoms with Crippen molar-refractivity contribution in [1.29, 1.82) is 5.26 Å². The zero-order chi connectivity index (χ0) is 25.9. The van der Waals surface area contributed by atoms with E-state index in [1.165, 1.54) is 48.7 Å². The lowest BCUT2D eigenvalue weighted by Gasteiger charge is -2.24. The Balaban J connectivity index is 2.14. The van der Waals surface area contributed by atoms with E-state index in [2.05, 4.69) is 20.9 Å². The predicted octanol–water partition coefficient (Wildman–Crippen LogP) is 7.26. The van der Waals surface area contributed by atoms with Gasteiger partial charge in [-0.15, -0.1) is 0 Å². The monoisotopic (exact) mass is 578 g/mol. The molecule has 0 N–H and O–H groups in total. The van der Waals surface area contributed by atoms with E-state index in [0.717, 1.165) is 0 Å². The van der Waals surface area contributed by atoms with Crippen molar-refractivity contribution < 1.29 is 23.5 Å². The summed E-state index contributed by atoms with van der Waals surface area (Å²) in [5.74, 6) is -4.67. The summed E-state index contributed by atoms with van der Waals surface area (Å²) >= 11 is 15.3. The van der Waals surface area contributed by atoms with E-state index in [1.54, 1.807) is 20.8 Å². The van der Waals surface area contributed by atoms with E-state index in [-0.39, 0.29) is 42.8 Å². The normalized spacial score (nSPS) is 11.9. The maximum absolute atomic E-state index is 15.9. The van der Waals surface area contributed by atoms with E-state index >= 15 is 4.39 Å². The number of rotatable bonds is 6. The van der Waals surface area contributed by atoms with Gasteiger partial charge in [-0.25, -0.2) is 9.37 Å². The molecule has 0 bridgehead atoms. The molecule has 0 saturated heterocycles. The summed E-state index contributed by atoms with van der Waals surface area (Å²) in [7, 11) is 0. The minimum Gasteiger partial charge on any atom is -0.459 e. The summed E-state index contributed by atoms with van der Waals surface area (Å²) in [6.45, 7) is 4.88. The predicted molar refractivity (Wildman–Crippen MR) is 133 cm³/mol. The van der Waals surface area contributed by atoms with E-state index in [4.69, 9.17) is 32.7 Å². The maximum Gasteiger partial charge on any atom is 0.322 e. The molecule has 0 saturated carbocycles. The van der Waals surface area contributed by atoms with Crippen LogP contribution in [-0.4, -0.2) is 22.3 Å². The molecular formula is C25H18BrCl2FN2O4. The molecule has 1 unspecified atom stereocenters. The second-order valence-corrected chi connectivity index (χ2v) is 9.99. The summed E-state index contributed by atoms with van der Waals surface area (Å²) in [5.41, 5.74) is -1.10. The van der Waals surface area contributed by atoms with Gasteiger partial charge in [-0.05, 0) is 73.1 Å². The molecule has 2 aromatic carbocycles. The Bertz CT molecular complexity index is 1350. The fraction of sp³-hybridized carbons (Fsp3) is 0.200. The third-order valence-electron chi connectivity index (χ3n) is 4.54. The average Bonchev–Trinajstić information content (AvgIpc) is 2.77. The number of Topliss-reactive ketones (excluding diaryl/α,β-unsaturated/α-hetero) is 1. The Morgan fingerprint density at radius 2 is 1.89 bits per heavy atom. The van der Waals surface area contributed by atoms with Gasteiger partial charge >= 0.3 is 5.97 Å². The van der Waals surface area contributed by atoms with Crippen LogP contribution in [0.15, 0.2) is 53.1 Å². The SMILES string of the molecule is CC(C)(C)OC(=O)C(C(=O)c1cccnc1Cl)c1ccc(Br)c(Oc2cc(Cl)cc(C#N)c2)c1F. The van der Waals surface area contributed by atoms with Crippen LogP contribution in [0.5, 0.6) is 11.5 Å². The molecule has 1 aromatic heterocycles. The fourth-order valence-electron chi connectivity index (χ4n) is 3.13. The Morgan fingerprint density at radius 3 is 2.51 bits per heavy atom. The topological polar surface area (TPSA) is 89.3 Å². The summed E-state index contributed by atoms with van der Waals surface area (Å²) in [4.78, 5) is 30.4. The molecule has 0 aliphatic carbocycles. The number of ether oxygens (including phenoxy) is 2. The molecule has 180 valence electrons. The zero-order valence-electron chi connectivity index (χ0n) is 18.7. The number of esters is 1. The van der Waals surface area contributed by atoms with Crippen molar-refractivity contribution in [3.63, 3.8) is 0 Å². The van der Waals surface area contributed by atoms with Crippen LogP contribution < -0.4 is 4.74 Å². The molecule has 3 aromatic rings. The quantitative estimate of drug-likeness (QED) is 0.132. The minimum atomic E-state index is -1.69.